The molecule has 0 saturated heterocycles. The van der Waals surface area contributed by atoms with Crippen LogP contribution in [0.25, 0.3) is 0 Å². The number of ether oxygens (including phenoxy) is 1. The number of nitrogens with two attached hydrogens (primary N) is 1. The van der Waals surface area contributed by atoms with Crippen molar-refractivity contribution >= 4 is 17.7 Å². The third-order valence-corrected chi connectivity index (χ3v) is 3.96. The molecule has 0 spiro atoms. The quantitative estimate of drug-likeness (QED) is 0.664. The van der Waals surface area contributed by atoms with Gasteiger partial charge in [-0.05, 0) is 19.1 Å². The summed E-state index contributed by atoms with van der Waals surface area (Å²) < 4.78 is 4.73. The molecule has 0 aromatic carbocycles. The Morgan fingerprint density at radius 1 is 1.75 bits per heavy atom. The van der Waals surface area contributed by atoms with Crippen molar-refractivity contribution in [3.8, 4) is 0 Å². The fraction of sp³-hybridized carbons (Fsp3) is 0.875. The monoisotopic (exact) mass is 189 g/mol. The van der Waals surface area contributed by atoms with Gasteiger partial charge in [0.1, 0.15) is 0 Å². The van der Waals surface area contributed by atoms with Gasteiger partial charge in [0, 0.05) is 10.8 Å². The SMILES string of the molecule is COC(=O)CC(N)C1(SC)CC1. The molecule has 1 aliphatic carbocycles. The maximum atomic E-state index is 10.9. The molecule has 0 heterocycles. The van der Waals surface area contributed by atoms with Gasteiger partial charge in [0.05, 0.1) is 13.5 Å². The third kappa shape index (κ3) is 1.93. The molecule has 0 amide bonds. The summed E-state index contributed by atoms with van der Waals surface area (Å²) in [5, 5.41) is 0. The Kier molecular flexibility index (Phi) is 3.01. The van der Waals surface area contributed by atoms with Crippen molar-refractivity contribution in [1.29, 1.82) is 0 Å². The highest BCUT2D eigenvalue weighted by atomic mass is 32.2. The van der Waals surface area contributed by atoms with Crippen LogP contribution in [0.4, 0.5) is 0 Å². The van der Waals surface area contributed by atoms with Crippen LogP contribution >= 0.6 is 11.8 Å². The van der Waals surface area contributed by atoms with Crippen molar-refractivity contribution in [3.63, 3.8) is 0 Å². The van der Waals surface area contributed by atoms with Crippen LogP contribution in [0.5, 0.6) is 0 Å². The fourth-order valence-electron chi connectivity index (χ4n) is 1.30. The van der Waals surface area contributed by atoms with E-state index in [9.17, 15) is 4.79 Å². The molecular formula is C8H15NO2S. The second-order valence-electron chi connectivity index (χ2n) is 3.16. The number of thioether (sulfide) groups is 1. The van der Waals surface area contributed by atoms with Crippen molar-refractivity contribution in [2.24, 2.45) is 5.73 Å². The molecule has 1 saturated carbocycles. The van der Waals surface area contributed by atoms with E-state index in [-0.39, 0.29) is 16.8 Å². The summed E-state index contributed by atoms with van der Waals surface area (Å²) in [6.45, 7) is 0. The minimum absolute atomic E-state index is 0.0417. The lowest BCUT2D eigenvalue weighted by atomic mass is 10.1. The molecule has 70 valence electrons. The van der Waals surface area contributed by atoms with Gasteiger partial charge in [0.25, 0.3) is 0 Å². The standard InChI is InChI=1S/C8H15NO2S/c1-11-7(10)5-6(9)8(12-2)3-4-8/h6H,3-5,9H2,1-2H3. The zero-order chi connectivity index (χ0) is 9.19. The Morgan fingerprint density at radius 2 is 2.33 bits per heavy atom. The molecule has 0 bridgehead atoms. The predicted molar refractivity (Wildman–Crippen MR) is 50.1 cm³/mol. The number of rotatable bonds is 4. The summed E-state index contributed by atoms with van der Waals surface area (Å²) in [6, 6.07) is -0.0417. The summed E-state index contributed by atoms with van der Waals surface area (Å²) in [6.07, 6.45) is 4.65. The molecule has 4 heteroatoms. The van der Waals surface area contributed by atoms with Crippen LogP contribution in [0, 0.1) is 0 Å². The zero-order valence-corrected chi connectivity index (χ0v) is 8.32. The Bertz CT molecular complexity index is 180. The van der Waals surface area contributed by atoms with Gasteiger partial charge < -0.3 is 10.5 Å². The first-order chi connectivity index (χ1) is 5.64. The molecule has 2 N–H and O–H groups in total. The molecular weight excluding hydrogens is 174 g/mol. The summed E-state index contributed by atoms with van der Waals surface area (Å²) >= 11 is 1.77. The minimum Gasteiger partial charge on any atom is -0.469 e. The summed E-state index contributed by atoms with van der Waals surface area (Å²) in [5.74, 6) is -0.206. The van der Waals surface area contributed by atoms with Crippen LogP contribution < -0.4 is 5.73 Å². The first kappa shape index (κ1) is 9.86. The molecule has 0 aliphatic heterocycles. The Morgan fingerprint density at radius 3 is 2.67 bits per heavy atom. The number of esters is 1. The van der Waals surface area contributed by atoms with Crippen LogP contribution in [0.2, 0.25) is 0 Å². The van der Waals surface area contributed by atoms with E-state index in [2.05, 4.69) is 4.74 Å². The van der Waals surface area contributed by atoms with Crippen LogP contribution in [0.3, 0.4) is 0 Å². The minimum atomic E-state index is -0.206. The molecule has 3 nitrogen and oxygen atoms in total. The average molecular weight is 189 g/mol. The number of carbonyl (C=O) groups excluding carboxylic acids is 1. The molecule has 1 fully saturated rings. The Balaban J connectivity index is 2.37. The largest absolute Gasteiger partial charge is 0.469 e. The molecule has 12 heavy (non-hydrogen) atoms. The zero-order valence-electron chi connectivity index (χ0n) is 7.50. The average Bonchev–Trinajstić information content (AvgIpc) is 2.84. The van der Waals surface area contributed by atoms with Crippen LogP contribution in [-0.2, 0) is 9.53 Å². The maximum absolute atomic E-state index is 10.9. The summed E-state index contributed by atoms with van der Waals surface area (Å²) in [7, 11) is 1.40. The molecule has 0 aromatic rings. The summed E-state index contributed by atoms with van der Waals surface area (Å²) in [5.41, 5.74) is 5.88. The van der Waals surface area contributed by atoms with Gasteiger partial charge in [-0.2, -0.15) is 11.8 Å². The van der Waals surface area contributed by atoms with E-state index >= 15 is 0 Å². The van der Waals surface area contributed by atoms with Crippen molar-refractivity contribution in [3.05, 3.63) is 0 Å². The maximum Gasteiger partial charge on any atom is 0.307 e. The molecule has 1 aliphatic rings. The van der Waals surface area contributed by atoms with Gasteiger partial charge in [-0.25, -0.2) is 0 Å². The second kappa shape index (κ2) is 3.66. The van der Waals surface area contributed by atoms with Gasteiger partial charge in [0.2, 0.25) is 0 Å². The van der Waals surface area contributed by atoms with E-state index in [0.717, 1.165) is 12.8 Å². The molecule has 1 unspecified atom stereocenters. The smallest absolute Gasteiger partial charge is 0.307 e. The lowest BCUT2D eigenvalue weighted by molar-refractivity contribution is -0.141. The van der Waals surface area contributed by atoms with Gasteiger partial charge in [0.15, 0.2) is 0 Å². The first-order valence-electron chi connectivity index (χ1n) is 4.02. The van der Waals surface area contributed by atoms with Crippen molar-refractivity contribution in [2.45, 2.75) is 30.1 Å². The lowest BCUT2D eigenvalue weighted by Gasteiger charge is -2.19. The highest BCUT2D eigenvalue weighted by molar-refractivity contribution is 8.00. The second-order valence-corrected chi connectivity index (χ2v) is 4.38. The number of hydrogen-bond acceptors (Lipinski definition) is 4. The summed E-state index contributed by atoms with van der Waals surface area (Å²) in [4.78, 5) is 10.9. The van der Waals surface area contributed by atoms with E-state index in [1.165, 1.54) is 7.11 Å². The van der Waals surface area contributed by atoms with Gasteiger partial charge >= 0.3 is 5.97 Å². The van der Waals surface area contributed by atoms with Crippen molar-refractivity contribution in [1.82, 2.24) is 0 Å². The number of hydrogen-bond donors (Lipinski definition) is 1. The van der Waals surface area contributed by atoms with E-state index in [0.29, 0.717) is 6.42 Å². The van der Waals surface area contributed by atoms with Crippen molar-refractivity contribution in [2.75, 3.05) is 13.4 Å². The Hall–Kier alpha value is -0.220. The fourth-order valence-corrected chi connectivity index (χ4v) is 2.19. The van der Waals surface area contributed by atoms with E-state index < -0.39 is 0 Å². The highest BCUT2D eigenvalue weighted by Crippen LogP contribution is 2.49. The molecule has 0 aromatic heterocycles. The molecule has 1 rings (SSSR count). The van der Waals surface area contributed by atoms with E-state index in [1.807, 2.05) is 6.26 Å². The van der Waals surface area contributed by atoms with E-state index in [1.54, 1.807) is 11.8 Å². The Labute approximate surface area is 77.0 Å². The van der Waals surface area contributed by atoms with Crippen LogP contribution in [0.1, 0.15) is 19.3 Å². The first-order valence-corrected chi connectivity index (χ1v) is 5.24. The van der Waals surface area contributed by atoms with Crippen LogP contribution in [-0.4, -0.2) is 30.1 Å². The molecule has 1 atom stereocenters. The lowest BCUT2D eigenvalue weighted by Crippen LogP contribution is -2.36. The van der Waals surface area contributed by atoms with Gasteiger partial charge in [-0.3, -0.25) is 4.79 Å². The van der Waals surface area contributed by atoms with Gasteiger partial charge in [-0.1, -0.05) is 0 Å². The third-order valence-electron chi connectivity index (χ3n) is 2.44. The highest BCUT2D eigenvalue weighted by Gasteiger charge is 2.47. The predicted octanol–water partition coefficient (Wildman–Crippen LogP) is 0.772. The molecule has 0 radical (unpaired) electrons. The van der Waals surface area contributed by atoms with Crippen LogP contribution in [0.15, 0.2) is 0 Å². The van der Waals surface area contributed by atoms with E-state index in [4.69, 9.17) is 5.73 Å². The number of methoxy groups -OCH3 is 1. The van der Waals surface area contributed by atoms with Crippen molar-refractivity contribution < 1.29 is 9.53 Å². The number of carbonyl (C=O) groups is 1. The van der Waals surface area contributed by atoms with Gasteiger partial charge in [-0.15, -0.1) is 0 Å². The topological polar surface area (TPSA) is 52.3 Å². The normalized spacial score (nSPS) is 21.6.